The number of fused-ring (bicyclic) bond motifs is 1. The van der Waals surface area contributed by atoms with Crippen LogP contribution in [0.1, 0.15) is 6.42 Å². The zero-order valence-electron chi connectivity index (χ0n) is 16.4. The number of piperazine rings is 1. The van der Waals surface area contributed by atoms with Gasteiger partial charge in [0.05, 0.1) is 37.9 Å². The Bertz CT molecular complexity index is 832. The standard InChI is InChI=1S/C19H27N3O6S/c23-19(15-20-8-12-26-13-9-20)21-4-6-22(7-5-21)29(24,25)16-2-3-17-18(14-16)28-11-1-10-27-17/h2-3,14H,1,4-13,15H2. The molecule has 3 aliphatic heterocycles. The molecule has 0 atom stereocenters. The van der Waals surface area contributed by atoms with E-state index in [-0.39, 0.29) is 23.9 Å². The molecule has 2 fully saturated rings. The molecule has 9 nitrogen and oxygen atoms in total. The van der Waals surface area contributed by atoms with Crippen molar-refractivity contribution in [1.82, 2.24) is 14.1 Å². The third kappa shape index (κ3) is 4.66. The molecule has 1 aromatic carbocycles. The first-order valence-electron chi connectivity index (χ1n) is 10.0. The fourth-order valence-corrected chi connectivity index (χ4v) is 5.12. The van der Waals surface area contributed by atoms with Crippen LogP contribution in [0, 0.1) is 0 Å². The summed E-state index contributed by atoms with van der Waals surface area (Å²) >= 11 is 0. The summed E-state index contributed by atoms with van der Waals surface area (Å²) in [6.45, 7) is 5.58. The van der Waals surface area contributed by atoms with Gasteiger partial charge < -0.3 is 19.1 Å². The zero-order valence-corrected chi connectivity index (χ0v) is 17.2. The van der Waals surface area contributed by atoms with E-state index < -0.39 is 10.0 Å². The molecule has 29 heavy (non-hydrogen) atoms. The summed E-state index contributed by atoms with van der Waals surface area (Å²) in [5.41, 5.74) is 0. The van der Waals surface area contributed by atoms with Crippen molar-refractivity contribution in [2.75, 3.05) is 72.2 Å². The van der Waals surface area contributed by atoms with Crippen LogP contribution >= 0.6 is 0 Å². The predicted octanol–water partition coefficient (Wildman–Crippen LogP) is 0.0130. The van der Waals surface area contributed by atoms with E-state index >= 15 is 0 Å². The largest absolute Gasteiger partial charge is 0.490 e. The van der Waals surface area contributed by atoms with Crippen molar-refractivity contribution in [3.8, 4) is 11.5 Å². The van der Waals surface area contributed by atoms with E-state index in [0.717, 1.165) is 19.5 Å². The van der Waals surface area contributed by atoms with Crippen molar-refractivity contribution < 1.29 is 27.4 Å². The molecule has 0 spiro atoms. The van der Waals surface area contributed by atoms with Crippen LogP contribution in [0.15, 0.2) is 23.1 Å². The highest BCUT2D eigenvalue weighted by Crippen LogP contribution is 2.33. The second-order valence-corrected chi connectivity index (χ2v) is 9.27. The average molecular weight is 426 g/mol. The second kappa shape index (κ2) is 8.86. The fourth-order valence-electron chi connectivity index (χ4n) is 3.68. The number of amides is 1. The summed E-state index contributed by atoms with van der Waals surface area (Å²) < 4.78 is 44.0. The van der Waals surface area contributed by atoms with Gasteiger partial charge in [0.25, 0.3) is 0 Å². The summed E-state index contributed by atoms with van der Waals surface area (Å²) in [6, 6.07) is 4.74. The van der Waals surface area contributed by atoms with E-state index in [2.05, 4.69) is 4.90 Å². The first-order chi connectivity index (χ1) is 14.0. The number of rotatable bonds is 4. The van der Waals surface area contributed by atoms with Crippen LogP contribution in [0.2, 0.25) is 0 Å². The Morgan fingerprint density at radius 1 is 0.897 bits per heavy atom. The molecule has 0 N–H and O–H groups in total. The van der Waals surface area contributed by atoms with Gasteiger partial charge in [-0.05, 0) is 12.1 Å². The van der Waals surface area contributed by atoms with E-state index in [9.17, 15) is 13.2 Å². The summed E-state index contributed by atoms with van der Waals surface area (Å²) in [5.74, 6) is 1.07. The highest BCUT2D eigenvalue weighted by Gasteiger charge is 2.31. The van der Waals surface area contributed by atoms with Crippen molar-refractivity contribution >= 4 is 15.9 Å². The number of ether oxygens (including phenoxy) is 3. The van der Waals surface area contributed by atoms with Crippen LogP contribution in [0.3, 0.4) is 0 Å². The summed E-state index contributed by atoms with van der Waals surface area (Å²) in [4.78, 5) is 16.5. The SMILES string of the molecule is O=C(CN1CCOCC1)N1CCN(S(=O)(=O)c2ccc3c(c2)OCCCO3)CC1. The van der Waals surface area contributed by atoms with Gasteiger partial charge in [-0.2, -0.15) is 4.31 Å². The van der Waals surface area contributed by atoms with Crippen LogP contribution in [-0.2, 0) is 19.6 Å². The van der Waals surface area contributed by atoms with Gasteiger partial charge in [-0.3, -0.25) is 9.69 Å². The molecule has 0 saturated carbocycles. The molecule has 0 bridgehead atoms. The van der Waals surface area contributed by atoms with Gasteiger partial charge in [0.15, 0.2) is 11.5 Å². The number of nitrogens with zero attached hydrogens (tertiary/aromatic N) is 3. The molecule has 10 heteroatoms. The molecule has 3 aliphatic rings. The van der Waals surface area contributed by atoms with E-state index in [1.54, 1.807) is 17.0 Å². The van der Waals surface area contributed by atoms with Gasteiger partial charge >= 0.3 is 0 Å². The zero-order chi connectivity index (χ0) is 20.3. The first kappa shape index (κ1) is 20.4. The van der Waals surface area contributed by atoms with Crippen molar-refractivity contribution in [2.45, 2.75) is 11.3 Å². The molecule has 1 aromatic rings. The molecule has 0 unspecified atom stereocenters. The maximum atomic E-state index is 13.1. The minimum atomic E-state index is -3.65. The minimum Gasteiger partial charge on any atom is -0.490 e. The molecular weight excluding hydrogens is 398 g/mol. The monoisotopic (exact) mass is 425 g/mol. The Kier molecular flexibility index (Phi) is 6.23. The van der Waals surface area contributed by atoms with E-state index in [1.165, 1.54) is 10.4 Å². The Morgan fingerprint density at radius 3 is 2.31 bits per heavy atom. The lowest BCUT2D eigenvalue weighted by molar-refractivity contribution is -0.134. The summed E-state index contributed by atoms with van der Waals surface area (Å²) in [5, 5.41) is 0. The van der Waals surface area contributed by atoms with Crippen LogP contribution in [0.5, 0.6) is 11.5 Å². The molecule has 160 valence electrons. The summed E-state index contributed by atoms with van der Waals surface area (Å²) in [7, 11) is -3.65. The van der Waals surface area contributed by atoms with Gasteiger partial charge in [0.2, 0.25) is 15.9 Å². The molecule has 1 amide bonds. The maximum Gasteiger partial charge on any atom is 0.243 e. The van der Waals surface area contributed by atoms with E-state index in [4.69, 9.17) is 14.2 Å². The first-order valence-corrected chi connectivity index (χ1v) is 11.5. The van der Waals surface area contributed by atoms with Gasteiger partial charge in [0.1, 0.15) is 0 Å². The van der Waals surface area contributed by atoms with Crippen molar-refractivity contribution in [2.24, 2.45) is 0 Å². The van der Waals surface area contributed by atoms with Crippen molar-refractivity contribution in [3.05, 3.63) is 18.2 Å². The van der Waals surface area contributed by atoms with Crippen LogP contribution in [-0.4, -0.2) is 101 Å². The Morgan fingerprint density at radius 2 is 1.59 bits per heavy atom. The van der Waals surface area contributed by atoms with Gasteiger partial charge in [0, 0.05) is 51.8 Å². The molecular formula is C19H27N3O6S. The lowest BCUT2D eigenvalue weighted by atomic mass is 10.3. The average Bonchev–Trinajstić information content (AvgIpc) is 2.99. The number of hydrogen-bond donors (Lipinski definition) is 0. The number of sulfonamides is 1. The second-order valence-electron chi connectivity index (χ2n) is 7.33. The van der Waals surface area contributed by atoms with E-state index in [0.29, 0.717) is 57.6 Å². The fraction of sp³-hybridized carbons (Fsp3) is 0.632. The number of morpholine rings is 1. The smallest absolute Gasteiger partial charge is 0.243 e. The number of hydrogen-bond acceptors (Lipinski definition) is 7. The molecule has 0 aliphatic carbocycles. The molecule has 4 rings (SSSR count). The molecule has 3 heterocycles. The third-order valence-electron chi connectivity index (χ3n) is 5.41. The topological polar surface area (TPSA) is 88.6 Å². The quantitative estimate of drug-likeness (QED) is 0.672. The van der Waals surface area contributed by atoms with Gasteiger partial charge in [-0.25, -0.2) is 8.42 Å². The normalized spacial score (nSPS) is 21.6. The van der Waals surface area contributed by atoms with Crippen molar-refractivity contribution in [3.63, 3.8) is 0 Å². The Balaban J connectivity index is 1.37. The minimum absolute atomic E-state index is 0.0412. The number of benzene rings is 1. The Hall–Kier alpha value is -1.88. The van der Waals surface area contributed by atoms with Crippen LogP contribution < -0.4 is 9.47 Å². The summed E-state index contributed by atoms with van der Waals surface area (Å²) in [6.07, 6.45) is 0.761. The number of carbonyl (C=O) groups is 1. The third-order valence-corrected chi connectivity index (χ3v) is 7.31. The highest BCUT2D eigenvalue weighted by atomic mass is 32.2. The van der Waals surface area contributed by atoms with Crippen LogP contribution in [0.4, 0.5) is 0 Å². The number of carbonyl (C=O) groups excluding carboxylic acids is 1. The molecule has 0 radical (unpaired) electrons. The lowest BCUT2D eigenvalue weighted by Crippen LogP contribution is -2.53. The maximum absolute atomic E-state index is 13.1. The lowest BCUT2D eigenvalue weighted by Gasteiger charge is -2.35. The van der Waals surface area contributed by atoms with Crippen LogP contribution in [0.25, 0.3) is 0 Å². The van der Waals surface area contributed by atoms with E-state index in [1.807, 2.05) is 0 Å². The molecule has 2 saturated heterocycles. The predicted molar refractivity (Wildman–Crippen MR) is 105 cm³/mol. The Labute approximate surface area is 171 Å². The molecule has 0 aromatic heterocycles. The van der Waals surface area contributed by atoms with Gasteiger partial charge in [-0.15, -0.1) is 0 Å². The van der Waals surface area contributed by atoms with Crippen molar-refractivity contribution in [1.29, 1.82) is 0 Å². The highest BCUT2D eigenvalue weighted by molar-refractivity contribution is 7.89. The van der Waals surface area contributed by atoms with Gasteiger partial charge in [-0.1, -0.05) is 0 Å².